The summed E-state index contributed by atoms with van der Waals surface area (Å²) in [5.41, 5.74) is 6.62. The Labute approximate surface area is 148 Å². The monoisotopic (exact) mass is 332 g/mol. The Kier molecular flexibility index (Phi) is 3.59. The van der Waals surface area contributed by atoms with Gasteiger partial charge in [0.25, 0.3) is 0 Å². The highest BCUT2D eigenvalue weighted by Gasteiger charge is 2.35. The molecule has 5 heterocycles. The lowest BCUT2D eigenvalue weighted by Gasteiger charge is -2.30. The molecule has 0 amide bonds. The summed E-state index contributed by atoms with van der Waals surface area (Å²) in [4.78, 5) is 12.0. The summed E-state index contributed by atoms with van der Waals surface area (Å²) in [6.45, 7) is 5.50. The average molecular weight is 332 g/mol. The van der Waals surface area contributed by atoms with Gasteiger partial charge in [0.2, 0.25) is 0 Å². The minimum Gasteiger partial charge on any atom is -0.329 e. The van der Waals surface area contributed by atoms with Gasteiger partial charge in [0.05, 0.1) is 0 Å². The van der Waals surface area contributed by atoms with Gasteiger partial charge in [-0.3, -0.25) is 9.88 Å². The number of pyridine rings is 2. The zero-order chi connectivity index (χ0) is 16.8. The van der Waals surface area contributed by atoms with Crippen LogP contribution < -0.4 is 0 Å². The van der Waals surface area contributed by atoms with E-state index >= 15 is 0 Å². The van der Waals surface area contributed by atoms with Gasteiger partial charge in [-0.1, -0.05) is 6.07 Å². The summed E-state index contributed by atoms with van der Waals surface area (Å²) in [7, 11) is 0. The minimum absolute atomic E-state index is 0.606. The number of rotatable bonds is 3. The lowest BCUT2D eigenvalue weighted by atomic mass is 9.96. The van der Waals surface area contributed by atoms with Crippen LogP contribution in [-0.4, -0.2) is 32.5 Å². The first-order valence-electron chi connectivity index (χ1n) is 9.43. The molecular formula is C21H24N4. The van der Waals surface area contributed by atoms with Crippen molar-refractivity contribution in [3.8, 4) is 0 Å². The molecule has 5 rings (SSSR count). The van der Waals surface area contributed by atoms with Crippen LogP contribution in [0.2, 0.25) is 0 Å². The van der Waals surface area contributed by atoms with E-state index in [4.69, 9.17) is 4.98 Å². The van der Waals surface area contributed by atoms with E-state index < -0.39 is 0 Å². The molecule has 1 fully saturated rings. The lowest BCUT2D eigenvalue weighted by molar-refractivity contribution is 0.242. The lowest BCUT2D eigenvalue weighted by Crippen LogP contribution is -2.31. The zero-order valence-electron chi connectivity index (χ0n) is 14.8. The molecule has 1 atom stereocenters. The zero-order valence-corrected chi connectivity index (χ0v) is 14.8. The molecule has 3 aromatic rings. The topological polar surface area (TPSA) is 34.0 Å². The summed E-state index contributed by atoms with van der Waals surface area (Å²) in [6, 6.07) is 9.26. The maximum atomic E-state index is 4.75. The van der Waals surface area contributed by atoms with E-state index in [1.165, 1.54) is 42.6 Å². The molecule has 0 aromatic carbocycles. The van der Waals surface area contributed by atoms with Gasteiger partial charge in [-0.15, -0.1) is 0 Å². The predicted molar refractivity (Wildman–Crippen MR) is 99.7 cm³/mol. The van der Waals surface area contributed by atoms with Crippen LogP contribution in [0, 0.1) is 6.92 Å². The van der Waals surface area contributed by atoms with Crippen molar-refractivity contribution in [2.24, 2.45) is 0 Å². The molecule has 3 aromatic heterocycles. The van der Waals surface area contributed by atoms with Crippen molar-refractivity contribution in [2.45, 2.75) is 45.2 Å². The standard InChI is InChI=1S/C21H24N4/c1-15-6-7-16(23-14-15)8-13-25-19-9-12-24-11-3-5-18(24)20(19)17-4-2-10-22-21(17)25/h2,4,6-7,10,14,18H,3,5,8-9,11-13H2,1H3. The number of aryl methyl sites for hydroxylation is 3. The Morgan fingerprint density at radius 1 is 1.16 bits per heavy atom. The van der Waals surface area contributed by atoms with E-state index in [0.717, 1.165) is 30.7 Å². The quantitative estimate of drug-likeness (QED) is 0.734. The van der Waals surface area contributed by atoms with Gasteiger partial charge in [-0.2, -0.15) is 0 Å². The number of hydrogen-bond acceptors (Lipinski definition) is 3. The molecule has 0 saturated carbocycles. The van der Waals surface area contributed by atoms with Crippen molar-refractivity contribution < 1.29 is 0 Å². The molecule has 2 aliphatic rings. The largest absolute Gasteiger partial charge is 0.329 e. The normalized spacial score (nSPS) is 20.0. The molecule has 2 aliphatic heterocycles. The molecule has 0 radical (unpaired) electrons. The van der Waals surface area contributed by atoms with Gasteiger partial charge in [0.15, 0.2) is 0 Å². The summed E-state index contributed by atoms with van der Waals surface area (Å²) in [6.07, 6.45) is 8.61. The van der Waals surface area contributed by atoms with Gasteiger partial charge >= 0.3 is 0 Å². The van der Waals surface area contributed by atoms with Crippen LogP contribution in [0.5, 0.6) is 0 Å². The van der Waals surface area contributed by atoms with Crippen LogP contribution in [0.15, 0.2) is 36.7 Å². The second-order valence-corrected chi connectivity index (χ2v) is 7.41. The highest BCUT2D eigenvalue weighted by Crippen LogP contribution is 2.42. The van der Waals surface area contributed by atoms with E-state index in [0.29, 0.717) is 6.04 Å². The van der Waals surface area contributed by atoms with Crippen LogP contribution in [0.4, 0.5) is 0 Å². The van der Waals surface area contributed by atoms with Crippen LogP contribution in [-0.2, 0) is 19.4 Å². The number of hydrogen-bond donors (Lipinski definition) is 0. The molecule has 25 heavy (non-hydrogen) atoms. The van der Waals surface area contributed by atoms with Gasteiger partial charge in [-0.05, 0) is 55.6 Å². The predicted octanol–water partition coefficient (Wildman–Crippen LogP) is 3.68. The van der Waals surface area contributed by atoms with Crippen LogP contribution in [0.25, 0.3) is 11.0 Å². The third kappa shape index (κ3) is 2.47. The molecule has 0 spiro atoms. The molecule has 1 saturated heterocycles. The van der Waals surface area contributed by atoms with E-state index in [1.54, 1.807) is 5.56 Å². The van der Waals surface area contributed by atoms with Crippen molar-refractivity contribution in [1.29, 1.82) is 0 Å². The molecular weight excluding hydrogens is 308 g/mol. The number of fused-ring (bicyclic) bond motifs is 5. The minimum atomic E-state index is 0.606. The Morgan fingerprint density at radius 2 is 2.12 bits per heavy atom. The first kappa shape index (κ1) is 15.1. The average Bonchev–Trinajstić information content (AvgIpc) is 3.23. The fourth-order valence-electron chi connectivity index (χ4n) is 4.68. The Hall–Kier alpha value is -2.20. The fourth-order valence-corrected chi connectivity index (χ4v) is 4.68. The third-order valence-electron chi connectivity index (χ3n) is 5.87. The molecule has 4 heteroatoms. The van der Waals surface area contributed by atoms with E-state index in [1.807, 2.05) is 12.4 Å². The van der Waals surface area contributed by atoms with E-state index in [9.17, 15) is 0 Å². The van der Waals surface area contributed by atoms with E-state index in [2.05, 4.69) is 45.6 Å². The van der Waals surface area contributed by atoms with Crippen molar-refractivity contribution in [1.82, 2.24) is 19.4 Å². The Balaban J connectivity index is 1.55. The van der Waals surface area contributed by atoms with Crippen molar-refractivity contribution in [3.63, 3.8) is 0 Å². The second kappa shape index (κ2) is 5.95. The van der Waals surface area contributed by atoms with E-state index in [-0.39, 0.29) is 0 Å². The first-order valence-corrected chi connectivity index (χ1v) is 9.43. The summed E-state index contributed by atoms with van der Waals surface area (Å²) >= 11 is 0. The van der Waals surface area contributed by atoms with Crippen molar-refractivity contribution in [3.05, 3.63) is 59.2 Å². The highest BCUT2D eigenvalue weighted by molar-refractivity contribution is 5.83. The summed E-state index contributed by atoms with van der Waals surface area (Å²) in [5, 5.41) is 1.37. The first-order chi connectivity index (χ1) is 12.3. The van der Waals surface area contributed by atoms with Crippen LogP contribution in [0.1, 0.15) is 41.4 Å². The summed E-state index contributed by atoms with van der Waals surface area (Å²) in [5.74, 6) is 0. The number of aromatic nitrogens is 3. The van der Waals surface area contributed by atoms with Gasteiger partial charge in [-0.25, -0.2) is 4.98 Å². The molecule has 0 bridgehead atoms. The van der Waals surface area contributed by atoms with Gasteiger partial charge in [0, 0.05) is 61.1 Å². The highest BCUT2D eigenvalue weighted by atomic mass is 15.2. The number of nitrogens with zero attached hydrogens (tertiary/aromatic N) is 4. The maximum absolute atomic E-state index is 4.75. The Morgan fingerprint density at radius 3 is 3.00 bits per heavy atom. The second-order valence-electron chi connectivity index (χ2n) is 7.41. The van der Waals surface area contributed by atoms with Gasteiger partial charge in [0.1, 0.15) is 5.65 Å². The van der Waals surface area contributed by atoms with Crippen LogP contribution in [0.3, 0.4) is 0 Å². The fraction of sp³-hybridized carbons (Fsp3) is 0.429. The molecule has 128 valence electrons. The molecule has 0 N–H and O–H groups in total. The SMILES string of the molecule is Cc1ccc(CCn2c3c(c4cccnc42)C2CCCN2CC3)nc1. The third-order valence-corrected chi connectivity index (χ3v) is 5.87. The molecule has 0 aliphatic carbocycles. The smallest absolute Gasteiger partial charge is 0.140 e. The molecule has 4 nitrogen and oxygen atoms in total. The van der Waals surface area contributed by atoms with Crippen LogP contribution >= 0.6 is 0 Å². The van der Waals surface area contributed by atoms with Crippen molar-refractivity contribution >= 4 is 11.0 Å². The summed E-state index contributed by atoms with van der Waals surface area (Å²) < 4.78 is 2.47. The molecule has 1 unspecified atom stereocenters. The van der Waals surface area contributed by atoms with Gasteiger partial charge < -0.3 is 4.57 Å². The Bertz CT molecular complexity index is 910. The maximum Gasteiger partial charge on any atom is 0.140 e. The van der Waals surface area contributed by atoms with Crippen molar-refractivity contribution in [2.75, 3.05) is 13.1 Å².